The van der Waals surface area contributed by atoms with Gasteiger partial charge in [-0.15, -0.1) is 11.8 Å². The third kappa shape index (κ3) is 21.5. The van der Waals surface area contributed by atoms with Gasteiger partial charge in [0.05, 0.1) is 17.6 Å². The van der Waals surface area contributed by atoms with Crippen LogP contribution in [0.4, 0.5) is 0 Å². The van der Waals surface area contributed by atoms with Gasteiger partial charge in [-0.25, -0.2) is 0 Å². The van der Waals surface area contributed by atoms with Gasteiger partial charge in [0.15, 0.2) is 0 Å². The summed E-state index contributed by atoms with van der Waals surface area (Å²) >= 11 is 1.69. The summed E-state index contributed by atoms with van der Waals surface area (Å²) in [4.78, 5) is 46.7. The molecule has 2 atom stereocenters. The number of carbonyl (C=O) groups excluding carboxylic acids is 3. The Hall–Kier alpha value is -2.35. The Bertz CT molecular complexity index is 1050. The summed E-state index contributed by atoms with van der Waals surface area (Å²) in [5, 5.41) is 14.9. The van der Waals surface area contributed by atoms with E-state index in [1.807, 2.05) is 6.92 Å². The van der Waals surface area contributed by atoms with Crippen LogP contribution in [0.15, 0.2) is 23.1 Å². The first-order valence-corrected chi connectivity index (χ1v) is 20.7. The van der Waals surface area contributed by atoms with E-state index in [-0.39, 0.29) is 23.5 Å². The molecule has 1 saturated carbocycles. The van der Waals surface area contributed by atoms with Gasteiger partial charge in [0.2, 0.25) is 11.8 Å². The summed E-state index contributed by atoms with van der Waals surface area (Å²) in [7, 11) is 0. The molecule has 3 rings (SSSR count). The summed E-state index contributed by atoms with van der Waals surface area (Å²) < 4.78 is 0. The number of hydrogen-bond acceptors (Lipinski definition) is 5. The zero-order valence-electron chi connectivity index (χ0n) is 31.6. The first-order chi connectivity index (χ1) is 23.7. The third-order valence-electron chi connectivity index (χ3n) is 9.46. The van der Waals surface area contributed by atoms with E-state index in [0.717, 1.165) is 38.5 Å². The highest BCUT2D eigenvalue weighted by molar-refractivity contribution is 8.00. The van der Waals surface area contributed by atoms with Gasteiger partial charge in [0.1, 0.15) is 5.78 Å². The van der Waals surface area contributed by atoms with E-state index in [1.54, 1.807) is 18.7 Å². The normalized spacial score (nSPS) is 16.6. The number of hydrogen-bond donors (Lipinski definition) is 3. The number of unbranched alkanes of at least 4 members (excludes halogenated alkanes) is 11. The van der Waals surface area contributed by atoms with Crippen molar-refractivity contribution in [3.8, 4) is 0 Å². The minimum atomic E-state index is -0.848. The standard InChI is InChI=1S/C17H30N2O4.C13H16OS.C11H24/c1-2-15(20)18-11-7-3-4-8-12-19-16(21)13-9-5-6-10-14(13)17(22)23;1-10(14)9-15-13-8-4-6-11-5-2-3-7-12(11)13;1-3-5-7-9-11-10-8-6-4-2/h13-14H,2-12H2,1H3,(H,18,20)(H,19,21)(H,22,23);4,6,8H,2-3,5,7,9H2,1H3;3-11H2,1-2H3. The monoisotopic (exact) mass is 703 g/mol. The average Bonchev–Trinajstić information content (AvgIpc) is 3.11. The highest BCUT2D eigenvalue weighted by Crippen LogP contribution is 2.31. The zero-order valence-corrected chi connectivity index (χ0v) is 32.4. The molecule has 2 amide bonds. The van der Waals surface area contributed by atoms with E-state index in [0.29, 0.717) is 38.1 Å². The molecule has 2 unspecified atom stereocenters. The van der Waals surface area contributed by atoms with Crippen molar-refractivity contribution in [3.63, 3.8) is 0 Å². The Morgan fingerprint density at radius 3 is 1.84 bits per heavy atom. The Morgan fingerprint density at radius 2 is 1.27 bits per heavy atom. The van der Waals surface area contributed by atoms with E-state index in [4.69, 9.17) is 0 Å². The minimum absolute atomic E-state index is 0.0812. The molecular formula is C41H70N2O5S. The largest absolute Gasteiger partial charge is 0.481 e. The number of ketones is 1. The summed E-state index contributed by atoms with van der Waals surface area (Å²) in [6.07, 6.45) is 25.4. The highest BCUT2D eigenvalue weighted by Gasteiger charge is 2.35. The lowest BCUT2D eigenvalue weighted by molar-refractivity contribution is -0.148. The molecule has 280 valence electrons. The molecule has 1 aromatic rings. The topological polar surface area (TPSA) is 113 Å². The first-order valence-electron chi connectivity index (χ1n) is 19.7. The van der Waals surface area contributed by atoms with Crippen molar-refractivity contribution in [2.75, 3.05) is 18.8 Å². The minimum Gasteiger partial charge on any atom is -0.481 e. The van der Waals surface area contributed by atoms with Crippen molar-refractivity contribution in [2.24, 2.45) is 11.8 Å². The molecule has 0 spiro atoms. The quantitative estimate of drug-likeness (QED) is 0.0869. The number of amides is 2. The molecular weight excluding hydrogens is 633 g/mol. The summed E-state index contributed by atoms with van der Waals surface area (Å²) in [5.74, 6) is -0.898. The maximum Gasteiger partial charge on any atom is 0.307 e. The number of thioether (sulfide) groups is 1. The zero-order chi connectivity index (χ0) is 36.1. The molecule has 0 radical (unpaired) electrons. The maximum atomic E-state index is 12.1. The van der Waals surface area contributed by atoms with Crippen molar-refractivity contribution >= 4 is 35.3 Å². The van der Waals surface area contributed by atoms with Gasteiger partial charge in [-0.2, -0.15) is 0 Å². The van der Waals surface area contributed by atoms with Crippen molar-refractivity contribution in [3.05, 3.63) is 29.3 Å². The van der Waals surface area contributed by atoms with Crippen LogP contribution >= 0.6 is 11.8 Å². The van der Waals surface area contributed by atoms with Gasteiger partial charge in [0, 0.05) is 24.4 Å². The summed E-state index contributed by atoms with van der Waals surface area (Å²) in [6.45, 7) is 9.35. The fourth-order valence-corrected chi connectivity index (χ4v) is 7.43. The smallest absolute Gasteiger partial charge is 0.307 e. The molecule has 2 aliphatic carbocycles. The van der Waals surface area contributed by atoms with Crippen LogP contribution in [-0.2, 0) is 32.0 Å². The fraction of sp³-hybridized carbons (Fsp3) is 0.756. The number of carboxylic acids is 1. The molecule has 1 fully saturated rings. The van der Waals surface area contributed by atoms with Crippen molar-refractivity contribution in [2.45, 2.75) is 174 Å². The maximum absolute atomic E-state index is 12.1. The fourth-order valence-electron chi connectivity index (χ4n) is 6.48. The Morgan fingerprint density at radius 1 is 0.714 bits per heavy atom. The number of benzene rings is 1. The first kappa shape index (κ1) is 44.7. The van der Waals surface area contributed by atoms with Crippen LogP contribution in [0.1, 0.15) is 167 Å². The number of aliphatic carboxylic acids is 1. The molecule has 0 saturated heterocycles. The van der Waals surface area contributed by atoms with E-state index < -0.39 is 11.9 Å². The Labute approximate surface area is 303 Å². The molecule has 2 aliphatic rings. The van der Waals surface area contributed by atoms with E-state index in [1.165, 1.54) is 99.5 Å². The van der Waals surface area contributed by atoms with Crippen LogP contribution in [-0.4, -0.2) is 47.5 Å². The van der Waals surface area contributed by atoms with E-state index in [2.05, 4.69) is 42.7 Å². The summed E-state index contributed by atoms with van der Waals surface area (Å²) in [5.41, 5.74) is 2.99. The van der Waals surface area contributed by atoms with Crippen LogP contribution in [0.5, 0.6) is 0 Å². The number of aryl methyl sites for hydroxylation is 1. The van der Waals surface area contributed by atoms with Gasteiger partial charge in [-0.05, 0) is 75.5 Å². The second-order valence-electron chi connectivity index (χ2n) is 13.8. The van der Waals surface area contributed by atoms with Crippen LogP contribution < -0.4 is 10.6 Å². The van der Waals surface area contributed by atoms with Crippen LogP contribution in [0.2, 0.25) is 0 Å². The number of rotatable bonds is 21. The molecule has 1 aromatic carbocycles. The lowest BCUT2D eigenvalue weighted by Gasteiger charge is -2.27. The molecule has 0 heterocycles. The predicted octanol–water partition coefficient (Wildman–Crippen LogP) is 9.86. The number of carbonyl (C=O) groups is 4. The van der Waals surface area contributed by atoms with Gasteiger partial charge in [0.25, 0.3) is 0 Å². The summed E-state index contributed by atoms with van der Waals surface area (Å²) in [6, 6.07) is 6.50. The molecule has 7 nitrogen and oxygen atoms in total. The number of fused-ring (bicyclic) bond motifs is 1. The second kappa shape index (κ2) is 29.4. The van der Waals surface area contributed by atoms with Gasteiger partial charge < -0.3 is 15.7 Å². The van der Waals surface area contributed by atoms with Gasteiger partial charge >= 0.3 is 5.97 Å². The molecule has 8 heteroatoms. The molecule has 49 heavy (non-hydrogen) atoms. The number of carboxylic acid groups (broad SMARTS) is 1. The number of Topliss-reactive ketones (excluding diaryl/α,β-unsaturated/α-hetero) is 1. The SMILES string of the molecule is CC(=O)CSc1cccc2c1CCCC2.CCC(=O)NCCCCCCNC(=O)C1CCCCC1C(=O)O.CCCCCCCCCCC. The van der Waals surface area contributed by atoms with Crippen molar-refractivity contribution in [1.82, 2.24) is 10.6 Å². The Balaban J connectivity index is 0.000000396. The van der Waals surface area contributed by atoms with Gasteiger partial charge in [-0.1, -0.05) is 116 Å². The lowest BCUT2D eigenvalue weighted by Crippen LogP contribution is -2.40. The van der Waals surface area contributed by atoms with E-state index in [9.17, 15) is 24.3 Å². The van der Waals surface area contributed by atoms with Crippen LogP contribution in [0, 0.1) is 11.8 Å². The van der Waals surface area contributed by atoms with Crippen LogP contribution in [0.25, 0.3) is 0 Å². The number of nitrogens with one attached hydrogen (secondary N) is 2. The molecule has 0 aliphatic heterocycles. The van der Waals surface area contributed by atoms with Crippen molar-refractivity contribution < 1.29 is 24.3 Å². The molecule has 0 bridgehead atoms. The van der Waals surface area contributed by atoms with Crippen LogP contribution in [0.3, 0.4) is 0 Å². The Kier molecular flexibility index (Phi) is 26.8. The third-order valence-corrected chi connectivity index (χ3v) is 10.7. The van der Waals surface area contributed by atoms with E-state index >= 15 is 0 Å². The van der Waals surface area contributed by atoms with Gasteiger partial charge in [-0.3, -0.25) is 19.2 Å². The lowest BCUT2D eigenvalue weighted by atomic mass is 9.78. The molecule has 3 N–H and O–H groups in total. The second-order valence-corrected chi connectivity index (χ2v) is 14.8. The molecule has 0 aromatic heterocycles. The average molecular weight is 703 g/mol. The predicted molar refractivity (Wildman–Crippen MR) is 205 cm³/mol. The highest BCUT2D eigenvalue weighted by atomic mass is 32.2. The van der Waals surface area contributed by atoms with Crippen molar-refractivity contribution in [1.29, 1.82) is 0 Å².